The lowest BCUT2D eigenvalue weighted by Gasteiger charge is -2.37. The maximum absolute atomic E-state index is 14.0. The molecule has 3 aromatic heterocycles. The molecule has 2 atom stereocenters. The van der Waals surface area contributed by atoms with Crippen LogP contribution in [0.1, 0.15) is 13.8 Å². The second-order valence-corrected chi connectivity index (χ2v) is 7.91. The SMILES string of the molecule is C[C@@H]1CN(c2ccc3cc(-c4cn5cc(F)cc(F)c5n4)c(=O)oc3c2)C[C@H](C)N1. The highest BCUT2D eigenvalue weighted by molar-refractivity contribution is 5.84. The van der Waals surface area contributed by atoms with Crippen molar-refractivity contribution in [1.29, 1.82) is 0 Å². The first-order chi connectivity index (χ1) is 14.4. The fourth-order valence-corrected chi connectivity index (χ4v) is 4.17. The predicted octanol–water partition coefficient (Wildman–Crippen LogP) is 3.57. The van der Waals surface area contributed by atoms with Crippen LogP contribution in [-0.2, 0) is 0 Å². The Balaban J connectivity index is 1.56. The highest BCUT2D eigenvalue weighted by atomic mass is 19.1. The van der Waals surface area contributed by atoms with E-state index < -0.39 is 17.3 Å². The van der Waals surface area contributed by atoms with E-state index in [1.54, 1.807) is 6.07 Å². The average Bonchev–Trinajstić information content (AvgIpc) is 3.10. The van der Waals surface area contributed by atoms with Crippen LogP contribution in [0.25, 0.3) is 27.9 Å². The first-order valence-corrected chi connectivity index (χ1v) is 9.80. The number of hydrogen-bond acceptors (Lipinski definition) is 5. The number of hydrogen-bond donors (Lipinski definition) is 1. The first kappa shape index (κ1) is 18.7. The summed E-state index contributed by atoms with van der Waals surface area (Å²) >= 11 is 0. The van der Waals surface area contributed by atoms with E-state index in [-0.39, 0.29) is 16.9 Å². The van der Waals surface area contributed by atoms with Gasteiger partial charge < -0.3 is 19.0 Å². The molecule has 5 rings (SSSR count). The molecule has 154 valence electrons. The van der Waals surface area contributed by atoms with Gasteiger partial charge in [0, 0.05) is 60.8 Å². The van der Waals surface area contributed by atoms with Gasteiger partial charge in [-0.25, -0.2) is 18.6 Å². The maximum atomic E-state index is 14.0. The van der Waals surface area contributed by atoms with Crippen molar-refractivity contribution in [2.75, 3.05) is 18.0 Å². The molecule has 1 N–H and O–H groups in total. The van der Waals surface area contributed by atoms with E-state index >= 15 is 0 Å². The largest absolute Gasteiger partial charge is 0.422 e. The van der Waals surface area contributed by atoms with E-state index in [1.807, 2.05) is 18.2 Å². The van der Waals surface area contributed by atoms with Crippen LogP contribution < -0.4 is 15.8 Å². The van der Waals surface area contributed by atoms with Crippen LogP contribution >= 0.6 is 0 Å². The predicted molar refractivity (Wildman–Crippen MR) is 111 cm³/mol. The third-order valence-corrected chi connectivity index (χ3v) is 5.39. The smallest absolute Gasteiger partial charge is 0.345 e. The highest BCUT2D eigenvalue weighted by Crippen LogP contribution is 2.26. The van der Waals surface area contributed by atoms with Crippen LogP contribution in [-0.4, -0.2) is 34.6 Å². The molecule has 30 heavy (non-hydrogen) atoms. The molecule has 0 bridgehead atoms. The number of halogens is 2. The van der Waals surface area contributed by atoms with Gasteiger partial charge in [-0.1, -0.05) is 0 Å². The van der Waals surface area contributed by atoms with Gasteiger partial charge in [-0.05, 0) is 32.0 Å². The van der Waals surface area contributed by atoms with E-state index in [9.17, 15) is 13.6 Å². The lowest BCUT2D eigenvalue weighted by atomic mass is 10.1. The zero-order valence-corrected chi connectivity index (χ0v) is 16.5. The van der Waals surface area contributed by atoms with Gasteiger partial charge in [-0.15, -0.1) is 0 Å². The monoisotopic (exact) mass is 410 g/mol. The lowest BCUT2D eigenvalue weighted by Crippen LogP contribution is -2.54. The molecule has 1 aliphatic rings. The number of nitrogens with one attached hydrogen (secondary N) is 1. The van der Waals surface area contributed by atoms with Crippen LogP contribution in [0.4, 0.5) is 14.5 Å². The second kappa shape index (κ2) is 6.91. The Kier molecular flexibility index (Phi) is 4.32. The van der Waals surface area contributed by atoms with Gasteiger partial charge in [0.2, 0.25) is 0 Å². The summed E-state index contributed by atoms with van der Waals surface area (Å²) in [5.74, 6) is -1.52. The Morgan fingerprint density at radius 2 is 1.87 bits per heavy atom. The Morgan fingerprint density at radius 3 is 2.63 bits per heavy atom. The number of pyridine rings is 1. The summed E-state index contributed by atoms with van der Waals surface area (Å²) in [4.78, 5) is 19.1. The molecule has 6 nitrogen and oxygen atoms in total. The summed E-state index contributed by atoms with van der Waals surface area (Å²) in [6.07, 6.45) is 2.52. The van der Waals surface area contributed by atoms with E-state index in [0.717, 1.165) is 36.4 Å². The first-order valence-electron chi connectivity index (χ1n) is 9.80. The number of nitrogens with zero attached hydrogens (tertiary/aromatic N) is 3. The maximum Gasteiger partial charge on any atom is 0.345 e. The molecule has 1 fully saturated rings. The summed E-state index contributed by atoms with van der Waals surface area (Å²) in [5, 5.41) is 4.22. The summed E-state index contributed by atoms with van der Waals surface area (Å²) in [6, 6.07) is 8.90. The minimum atomic E-state index is -0.796. The number of piperazine rings is 1. The van der Waals surface area contributed by atoms with Gasteiger partial charge >= 0.3 is 5.63 Å². The van der Waals surface area contributed by atoms with Gasteiger partial charge in [0.05, 0.1) is 11.3 Å². The van der Waals surface area contributed by atoms with Crippen molar-refractivity contribution >= 4 is 22.3 Å². The highest BCUT2D eigenvalue weighted by Gasteiger charge is 2.22. The molecular weight excluding hydrogens is 390 g/mol. The van der Waals surface area contributed by atoms with Gasteiger partial charge in [-0.3, -0.25) is 0 Å². The van der Waals surface area contributed by atoms with E-state index in [1.165, 1.54) is 10.6 Å². The summed E-state index contributed by atoms with van der Waals surface area (Å²) in [5.41, 5.74) is 1.26. The minimum absolute atomic E-state index is 0.0526. The van der Waals surface area contributed by atoms with Gasteiger partial charge in [0.25, 0.3) is 0 Å². The molecule has 0 saturated carbocycles. The number of imidazole rings is 1. The minimum Gasteiger partial charge on any atom is -0.422 e. The number of benzene rings is 1. The summed E-state index contributed by atoms with van der Waals surface area (Å²) < 4.78 is 34.2. The Labute approximate surface area is 170 Å². The number of aromatic nitrogens is 2. The second-order valence-electron chi connectivity index (χ2n) is 7.91. The quantitative estimate of drug-likeness (QED) is 0.512. The Morgan fingerprint density at radius 1 is 1.10 bits per heavy atom. The van der Waals surface area contributed by atoms with Crippen molar-refractivity contribution in [1.82, 2.24) is 14.7 Å². The molecule has 4 heterocycles. The topological polar surface area (TPSA) is 62.8 Å². The van der Waals surface area contributed by atoms with E-state index in [4.69, 9.17) is 4.42 Å². The number of rotatable bonds is 2. The molecular formula is C22H20F2N4O2. The lowest BCUT2D eigenvalue weighted by molar-refractivity contribution is 0.407. The third kappa shape index (κ3) is 3.23. The van der Waals surface area contributed by atoms with Crippen molar-refractivity contribution in [3.05, 3.63) is 64.8 Å². The molecule has 0 spiro atoms. The van der Waals surface area contributed by atoms with Crippen LogP contribution in [0.3, 0.4) is 0 Å². The van der Waals surface area contributed by atoms with Crippen LogP contribution in [0.2, 0.25) is 0 Å². The molecule has 8 heteroatoms. The third-order valence-electron chi connectivity index (χ3n) is 5.39. The molecule has 1 aromatic carbocycles. The van der Waals surface area contributed by atoms with Crippen molar-refractivity contribution < 1.29 is 13.2 Å². The summed E-state index contributed by atoms with van der Waals surface area (Å²) in [7, 11) is 0. The molecule has 1 aliphatic heterocycles. The van der Waals surface area contributed by atoms with E-state index in [2.05, 4.69) is 29.0 Å². The fraction of sp³-hybridized carbons (Fsp3) is 0.273. The number of fused-ring (bicyclic) bond motifs is 2. The molecule has 0 unspecified atom stereocenters. The van der Waals surface area contributed by atoms with Crippen molar-refractivity contribution in [2.45, 2.75) is 25.9 Å². The zero-order chi connectivity index (χ0) is 21.0. The Hall–Kier alpha value is -3.26. The van der Waals surface area contributed by atoms with Crippen LogP contribution in [0, 0.1) is 11.6 Å². The van der Waals surface area contributed by atoms with Gasteiger partial charge in [-0.2, -0.15) is 0 Å². The number of anilines is 1. The molecule has 0 aliphatic carbocycles. The average molecular weight is 410 g/mol. The van der Waals surface area contributed by atoms with Crippen LogP contribution in [0.15, 0.2) is 51.9 Å². The zero-order valence-electron chi connectivity index (χ0n) is 16.5. The van der Waals surface area contributed by atoms with Crippen LogP contribution in [0.5, 0.6) is 0 Å². The van der Waals surface area contributed by atoms with Crippen molar-refractivity contribution in [3.63, 3.8) is 0 Å². The normalized spacial score (nSPS) is 19.7. The fourth-order valence-electron chi connectivity index (χ4n) is 4.17. The molecule has 0 radical (unpaired) electrons. The Bertz CT molecular complexity index is 1320. The molecule has 0 amide bonds. The molecule has 1 saturated heterocycles. The standard InChI is InChI=1S/C22H20F2N4O2/c1-12-8-27(9-13(2)25-12)16-4-3-14-5-17(22(29)30-20(14)7-16)19-11-28-10-15(23)6-18(24)21(28)26-19/h3-7,10-13,25H,8-9H2,1-2H3/t12-,13+. The van der Waals surface area contributed by atoms with Crippen molar-refractivity contribution in [3.8, 4) is 11.3 Å². The van der Waals surface area contributed by atoms with Gasteiger partial charge in [0.1, 0.15) is 11.4 Å². The summed E-state index contributed by atoms with van der Waals surface area (Å²) in [6.45, 7) is 6.00. The van der Waals surface area contributed by atoms with Gasteiger partial charge in [0.15, 0.2) is 11.5 Å². The molecule has 4 aromatic rings. The van der Waals surface area contributed by atoms with E-state index in [0.29, 0.717) is 17.7 Å². The van der Waals surface area contributed by atoms with Crippen molar-refractivity contribution in [2.24, 2.45) is 0 Å².